The fraction of sp³-hybridized carbons (Fsp3) is 0.200. The Bertz CT molecular complexity index is 597. The first-order valence-corrected chi connectivity index (χ1v) is 6.16. The van der Waals surface area contributed by atoms with Gasteiger partial charge in [-0.1, -0.05) is 17.3 Å². The Hall–Kier alpha value is -2.43. The molecule has 0 atom stereocenters. The first-order valence-electron chi connectivity index (χ1n) is 6.16. The van der Waals surface area contributed by atoms with E-state index in [9.17, 15) is 4.39 Å². The molecule has 1 aromatic carbocycles. The second-order valence-corrected chi connectivity index (χ2v) is 4.46. The number of benzene rings is 1. The standard InChI is InChI=1S/C15H15FN2O2/c1-11(18-19)6-12-2-4-15(5-3-12)20-10-13-7-14(16)9-17-8-13/h2-5,7-9,19H,6,10H2,1H3/b18-11-. The van der Waals surface area contributed by atoms with Gasteiger partial charge in [0.1, 0.15) is 18.2 Å². The van der Waals surface area contributed by atoms with Crippen molar-refractivity contribution in [3.8, 4) is 5.75 Å². The molecule has 1 heterocycles. The van der Waals surface area contributed by atoms with Gasteiger partial charge in [-0.2, -0.15) is 0 Å². The van der Waals surface area contributed by atoms with E-state index in [-0.39, 0.29) is 12.4 Å². The van der Waals surface area contributed by atoms with Crippen molar-refractivity contribution in [2.75, 3.05) is 0 Å². The van der Waals surface area contributed by atoms with Crippen molar-refractivity contribution < 1.29 is 14.3 Å². The molecule has 0 radical (unpaired) electrons. The van der Waals surface area contributed by atoms with Crippen LogP contribution in [0.15, 0.2) is 47.9 Å². The van der Waals surface area contributed by atoms with Crippen molar-refractivity contribution >= 4 is 5.71 Å². The zero-order chi connectivity index (χ0) is 14.4. The van der Waals surface area contributed by atoms with Crippen molar-refractivity contribution in [2.24, 2.45) is 5.16 Å². The minimum atomic E-state index is -0.375. The van der Waals surface area contributed by atoms with Gasteiger partial charge in [-0.25, -0.2) is 4.39 Å². The van der Waals surface area contributed by atoms with Crippen LogP contribution in [0.1, 0.15) is 18.1 Å². The molecular weight excluding hydrogens is 259 g/mol. The molecule has 0 aliphatic carbocycles. The molecule has 20 heavy (non-hydrogen) atoms. The maximum absolute atomic E-state index is 13.0. The number of halogens is 1. The normalized spacial score (nSPS) is 11.4. The van der Waals surface area contributed by atoms with Crippen LogP contribution in [-0.2, 0) is 13.0 Å². The minimum Gasteiger partial charge on any atom is -0.489 e. The lowest BCUT2D eigenvalue weighted by Crippen LogP contribution is -1.99. The highest BCUT2D eigenvalue weighted by atomic mass is 19.1. The minimum absolute atomic E-state index is 0.265. The average molecular weight is 274 g/mol. The molecule has 0 amide bonds. The van der Waals surface area contributed by atoms with E-state index in [0.717, 1.165) is 11.8 Å². The van der Waals surface area contributed by atoms with Gasteiger partial charge in [0.05, 0.1) is 11.9 Å². The number of rotatable bonds is 5. The van der Waals surface area contributed by atoms with E-state index < -0.39 is 0 Å². The number of oxime groups is 1. The molecule has 4 nitrogen and oxygen atoms in total. The van der Waals surface area contributed by atoms with Crippen LogP contribution in [0.25, 0.3) is 0 Å². The Morgan fingerprint density at radius 1 is 1.25 bits per heavy atom. The van der Waals surface area contributed by atoms with E-state index in [1.165, 1.54) is 6.07 Å². The van der Waals surface area contributed by atoms with Crippen LogP contribution in [0, 0.1) is 5.82 Å². The van der Waals surface area contributed by atoms with Crippen LogP contribution >= 0.6 is 0 Å². The lowest BCUT2D eigenvalue weighted by atomic mass is 10.1. The molecule has 0 saturated carbocycles. The number of ether oxygens (including phenoxy) is 1. The number of hydrogen-bond donors (Lipinski definition) is 1. The molecule has 0 spiro atoms. The van der Waals surface area contributed by atoms with E-state index >= 15 is 0 Å². The van der Waals surface area contributed by atoms with Gasteiger partial charge >= 0.3 is 0 Å². The van der Waals surface area contributed by atoms with Gasteiger partial charge < -0.3 is 9.94 Å². The van der Waals surface area contributed by atoms with Crippen LogP contribution in [0.3, 0.4) is 0 Å². The molecular formula is C15H15FN2O2. The molecule has 1 aromatic heterocycles. The summed E-state index contributed by atoms with van der Waals surface area (Å²) in [5.41, 5.74) is 2.35. The van der Waals surface area contributed by atoms with Crippen LogP contribution < -0.4 is 4.74 Å². The molecule has 0 saturated heterocycles. The van der Waals surface area contributed by atoms with E-state index in [2.05, 4.69) is 10.1 Å². The summed E-state index contributed by atoms with van der Waals surface area (Å²) in [5.74, 6) is 0.316. The van der Waals surface area contributed by atoms with Gasteiger partial charge in [0.2, 0.25) is 0 Å². The summed E-state index contributed by atoms with van der Waals surface area (Å²) in [6.45, 7) is 2.02. The predicted molar refractivity (Wildman–Crippen MR) is 73.6 cm³/mol. The zero-order valence-corrected chi connectivity index (χ0v) is 11.1. The van der Waals surface area contributed by atoms with Crippen molar-refractivity contribution in [2.45, 2.75) is 20.0 Å². The number of pyridine rings is 1. The van der Waals surface area contributed by atoms with Gasteiger partial charge in [0.15, 0.2) is 0 Å². The highest BCUT2D eigenvalue weighted by Gasteiger charge is 2.00. The topological polar surface area (TPSA) is 54.7 Å². The van der Waals surface area contributed by atoms with Crippen LogP contribution in [-0.4, -0.2) is 15.9 Å². The summed E-state index contributed by atoms with van der Waals surface area (Å²) in [5, 5.41) is 11.7. The zero-order valence-electron chi connectivity index (χ0n) is 11.1. The molecule has 2 aromatic rings. The number of nitrogens with zero attached hydrogens (tertiary/aromatic N) is 2. The Balaban J connectivity index is 1.94. The smallest absolute Gasteiger partial charge is 0.141 e. The summed E-state index contributed by atoms with van der Waals surface area (Å²) in [6.07, 6.45) is 3.31. The Kier molecular flexibility index (Phi) is 4.65. The van der Waals surface area contributed by atoms with Gasteiger partial charge in [-0.15, -0.1) is 0 Å². The monoisotopic (exact) mass is 274 g/mol. The number of hydrogen-bond acceptors (Lipinski definition) is 4. The van der Waals surface area contributed by atoms with Gasteiger partial charge in [0, 0.05) is 18.2 Å². The van der Waals surface area contributed by atoms with E-state index in [4.69, 9.17) is 9.94 Å². The third kappa shape index (κ3) is 4.05. The summed E-state index contributed by atoms with van der Waals surface area (Å²) >= 11 is 0. The quantitative estimate of drug-likeness (QED) is 0.517. The second kappa shape index (κ2) is 6.65. The summed E-state index contributed by atoms with van der Waals surface area (Å²) in [7, 11) is 0. The highest BCUT2D eigenvalue weighted by molar-refractivity contribution is 5.83. The van der Waals surface area contributed by atoms with Crippen LogP contribution in [0.5, 0.6) is 5.75 Å². The summed E-state index contributed by atoms with van der Waals surface area (Å²) in [4.78, 5) is 3.76. The Morgan fingerprint density at radius 3 is 2.65 bits per heavy atom. The largest absolute Gasteiger partial charge is 0.489 e. The molecule has 5 heteroatoms. The third-order valence-electron chi connectivity index (χ3n) is 2.72. The maximum atomic E-state index is 13.0. The average Bonchev–Trinajstić information content (AvgIpc) is 2.46. The molecule has 0 aliphatic heterocycles. The number of aromatic nitrogens is 1. The molecule has 1 N–H and O–H groups in total. The van der Waals surface area contributed by atoms with E-state index in [1.54, 1.807) is 13.1 Å². The Morgan fingerprint density at radius 2 is 2.00 bits per heavy atom. The molecule has 0 unspecified atom stereocenters. The first kappa shape index (κ1) is 14.0. The summed E-state index contributed by atoms with van der Waals surface area (Å²) < 4.78 is 18.5. The second-order valence-electron chi connectivity index (χ2n) is 4.46. The summed E-state index contributed by atoms with van der Waals surface area (Å²) in [6, 6.07) is 8.84. The van der Waals surface area contributed by atoms with Crippen molar-refractivity contribution in [1.29, 1.82) is 0 Å². The fourth-order valence-corrected chi connectivity index (χ4v) is 1.74. The van der Waals surface area contributed by atoms with E-state index in [1.807, 2.05) is 24.3 Å². The molecule has 2 rings (SSSR count). The fourth-order valence-electron chi connectivity index (χ4n) is 1.74. The molecule has 104 valence electrons. The lowest BCUT2D eigenvalue weighted by Gasteiger charge is -2.07. The maximum Gasteiger partial charge on any atom is 0.141 e. The van der Waals surface area contributed by atoms with Gasteiger partial charge in [-0.05, 0) is 30.7 Å². The van der Waals surface area contributed by atoms with Gasteiger partial charge in [-0.3, -0.25) is 4.98 Å². The van der Waals surface area contributed by atoms with Crippen molar-refractivity contribution in [1.82, 2.24) is 4.98 Å². The molecule has 0 bridgehead atoms. The van der Waals surface area contributed by atoms with Crippen LogP contribution in [0.4, 0.5) is 4.39 Å². The molecule has 0 aliphatic rings. The first-order chi connectivity index (χ1) is 9.67. The van der Waals surface area contributed by atoms with Crippen LogP contribution in [0.2, 0.25) is 0 Å². The van der Waals surface area contributed by atoms with E-state index in [0.29, 0.717) is 23.4 Å². The SMILES string of the molecule is C/C(Cc1ccc(OCc2cncc(F)c2)cc1)=N/O. The molecule has 0 fully saturated rings. The van der Waals surface area contributed by atoms with Crippen molar-refractivity contribution in [3.05, 3.63) is 59.7 Å². The van der Waals surface area contributed by atoms with Gasteiger partial charge in [0.25, 0.3) is 0 Å². The predicted octanol–water partition coefficient (Wildman–Crippen LogP) is 3.19. The Labute approximate surface area is 116 Å². The third-order valence-corrected chi connectivity index (χ3v) is 2.72. The lowest BCUT2D eigenvalue weighted by molar-refractivity contribution is 0.305. The van der Waals surface area contributed by atoms with Crippen molar-refractivity contribution in [3.63, 3.8) is 0 Å². The highest BCUT2D eigenvalue weighted by Crippen LogP contribution is 2.15.